The molecule has 1 saturated heterocycles. The number of nitrogens with one attached hydrogen (secondary N) is 1. The lowest BCUT2D eigenvalue weighted by molar-refractivity contribution is -0.211. The largest absolute Gasteiger partial charge is 0.496 e. The van der Waals surface area contributed by atoms with E-state index in [1.54, 1.807) is 7.11 Å². The Labute approximate surface area is 335 Å². The number of methoxy groups -OCH3 is 3. The van der Waals surface area contributed by atoms with Gasteiger partial charge in [-0.25, -0.2) is 4.79 Å². The number of aromatic amines is 1. The highest BCUT2D eigenvalue weighted by Crippen LogP contribution is 2.54. The molecule has 1 aromatic heterocycles. The maximum atomic E-state index is 15.1. The molecule has 1 aliphatic carbocycles. The highest BCUT2D eigenvalue weighted by Gasteiger charge is 2.66. The van der Waals surface area contributed by atoms with Crippen molar-refractivity contribution in [3.63, 3.8) is 0 Å². The van der Waals surface area contributed by atoms with Crippen molar-refractivity contribution in [2.24, 2.45) is 11.3 Å². The standard InChI is InChI=1S/C45H60N4O8/c1-7-42(53)24-28-25-44(40(51)56-5,38-31(16-20-48(26-28)27-42)30-14-9-10-15-33(30)46-38)32-21-29-13-11-18-49-19-12-17-43(8-2)36(49)23-37(45(54,39(43)50)41(52)57-6)47(3)34(29)22-35(32)55-4/h9-10,12,14-15,17,21-22,28,36-37,39,46,50,53-54H,7-8,11,13,16,18-20,23-27H2,1-6H3/t28-,36?,37?,39-,42?,43-,44+,45+/m1/s1. The molecule has 3 unspecified atom stereocenters. The average Bonchev–Trinajstić information content (AvgIpc) is 3.61. The van der Waals surface area contributed by atoms with Gasteiger partial charge in [-0.15, -0.1) is 0 Å². The molecule has 1 saturated carbocycles. The smallest absolute Gasteiger partial charge is 0.342 e. The SMILES string of the molecule is CCC1(O)C[C@H]2C[N@](CCc3c([nH]c4ccccc34)[C@@](C(=O)OC)(c3cc4c(cc3OC)N(C)C3CC5N(CC=C[C@@]5(CC)[C@@H](O)[C@]3(O)C(=O)OC)CCC4)C2)C1. The summed E-state index contributed by atoms with van der Waals surface area (Å²) in [5.74, 6) is -0.868. The second-order valence-electron chi connectivity index (χ2n) is 17.5. The van der Waals surface area contributed by atoms with E-state index in [1.807, 2.05) is 56.1 Å². The second kappa shape index (κ2) is 14.7. The number of esters is 2. The first kappa shape index (κ1) is 39.9. The van der Waals surface area contributed by atoms with E-state index in [4.69, 9.17) is 14.2 Å². The van der Waals surface area contributed by atoms with Crippen LogP contribution in [0.15, 0.2) is 48.6 Å². The fourth-order valence-corrected chi connectivity index (χ4v) is 12.0. The number of piperidine rings is 1. The molecule has 9 atom stereocenters. The van der Waals surface area contributed by atoms with Gasteiger partial charge in [-0.05, 0) is 87.1 Å². The number of aliphatic hydroxyl groups is 3. The van der Waals surface area contributed by atoms with Gasteiger partial charge >= 0.3 is 11.9 Å². The lowest BCUT2D eigenvalue weighted by atomic mass is 9.57. The van der Waals surface area contributed by atoms with Crippen molar-refractivity contribution < 1.29 is 39.1 Å². The number of carbonyl (C=O) groups excluding carboxylic acids is 2. The first-order valence-electron chi connectivity index (χ1n) is 20.8. The zero-order valence-electron chi connectivity index (χ0n) is 34.3. The molecule has 0 amide bonds. The zero-order chi connectivity index (χ0) is 40.5. The Bertz CT molecular complexity index is 2070. The van der Waals surface area contributed by atoms with Gasteiger partial charge in [0.25, 0.3) is 0 Å². The minimum absolute atomic E-state index is 0.0528. The Balaban J connectivity index is 1.36. The summed E-state index contributed by atoms with van der Waals surface area (Å²) in [4.78, 5) is 39.3. The quantitative estimate of drug-likeness (QED) is 0.212. The molecular formula is C45H60N4O8. The number of rotatable bonds is 6. The first-order valence-corrected chi connectivity index (χ1v) is 20.8. The number of hydrogen-bond donors (Lipinski definition) is 4. The molecule has 2 aromatic carbocycles. The van der Waals surface area contributed by atoms with Crippen LogP contribution >= 0.6 is 0 Å². The molecule has 4 N–H and O–H groups in total. The molecule has 5 aliphatic rings. The van der Waals surface area contributed by atoms with E-state index >= 15 is 4.79 Å². The van der Waals surface area contributed by atoms with Crippen LogP contribution in [0, 0.1) is 11.3 Å². The van der Waals surface area contributed by atoms with Crippen LogP contribution in [0.25, 0.3) is 10.9 Å². The van der Waals surface area contributed by atoms with Crippen molar-refractivity contribution in [3.05, 3.63) is 70.9 Å². The summed E-state index contributed by atoms with van der Waals surface area (Å²) in [6.45, 7) is 7.52. The van der Waals surface area contributed by atoms with E-state index in [0.29, 0.717) is 69.3 Å². The molecule has 308 valence electrons. The number of para-hydroxylation sites is 1. The van der Waals surface area contributed by atoms with Crippen LogP contribution in [0.1, 0.15) is 74.8 Å². The number of aryl methyl sites for hydroxylation is 1. The van der Waals surface area contributed by atoms with Gasteiger partial charge in [-0.1, -0.05) is 44.2 Å². The number of likely N-dealkylation sites (N-methyl/N-ethyl adjacent to an activating group) is 1. The summed E-state index contributed by atoms with van der Waals surface area (Å²) in [6, 6.07) is 11.2. The molecule has 0 radical (unpaired) electrons. The van der Waals surface area contributed by atoms with Crippen molar-refractivity contribution in [3.8, 4) is 5.75 Å². The van der Waals surface area contributed by atoms with E-state index in [2.05, 4.69) is 33.0 Å². The third-order valence-corrected chi connectivity index (χ3v) is 14.8. The number of hydrogen-bond acceptors (Lipinski definition) is 11. The Hall–Kier alpha value is -3.94. The number of H-pyrrole nitrogens is 1. The third kappa shape index (κ3) is 5.95. The Kier molecular flexibility index (Phi) is 10.3. The zero-order valence-corrected chi connectivity index (χ0v) is 34.3. The summed E-state index contributed by atoms with van der Waals surface area (Å²) in [5, 5.41) is 37.8. The summed E-state index contributed by atoms with van der Waals surface area (Å²) in [7, 11) is 6.16. The van der Waals surface area contributed by atoms with Crippen molar-refractivity contribution in [1.29, 1.82) is 0 Å². The highest BCUT2D eigenvalue weighted by molar-refractivity contribution is 5.94. The molecule has 2 fully saturated rings. The molecule has 12 heteroatoms. The maximum absolute atomic E-state index is 15.1. The van der Waals surface area contributed by atoms with E-state index in [9.17, 15) is 20.1 Å². The van der Waals surface area contributed by atoms with Crippen LogP contribution in [-0.2, 0) is 37.3 Å². The van der Waals surface area contributed by atoms with E-state index in [0.717, 1.165) is 59.5 Å². The first-order chi connectivity index (χ1) is 27.3. The summed E-state index contributed by atoms with van der Waals surface area (Å²) in [6.07, 6.45) is 7.19. The molecule has 0 spiro atoms. The van der Waals surface area contributed by atoms with Gasteiger partial charge in [0.2, 0.25) is 5.60 Å². The maximum Gasteiger partial charge on any atom is 0.342 e. The molecule has 8 rings (SSSR count). The predicted octanol–water partition coefficient (Wildman–Crippen LogP) is 4.10. The van der Waals surface area contributed by atoms with Gasteiger partial charge < -0.3 is 39.4 Å². The van der Waals surface area contributed by atoms with Crippen LogP contribution in [0.5, 0.6) is 5.75 Å². The van der Waals surface area contributed by atoms with E-state index < -0.39 is 46.1 Å². The normalized spacial score (nSPS) is 35.2. The van der Waals surface area contributed by atoms with E-state index in [1.165, 1.54) is 14.2 Å². The molecule has 57 heavy (non-hydrogen) atoms. The lowest BCUT2D eigenvalue weighted by Gasteiger charge is -2.60. The number of ether oxygens (including phenoxy) is 3. The number of aliphatic hydroxyl groups excluding tert-OH is 1. The molecule has 5 heterocycles. The molecular weight excluding hydrogens is 725 g/mol. The van der Waals surface area contributed by atoms with Gasteiger partial charge in [-0.2, -0.15) is 0 Å². The number of nitrogens with zero attached hydrogens (tertiary/aromatic N) is 3. The van der Waals surface area contributed by atoms with Crippen molar-refractivity contribution in [1.82, 2.24) is 14.8 Å². The van der Waals surface area contributed by atoms with Crippen LogP contribution in [0.4, 0.5) is 5.69 Å². The molecule has 12 nitrogen and oxygen atoms in total. The summed E-state index contributed by atoms with van der Waals surface area (Å²) < 4.78 is 17.5. The Morgan fingerprint density at radius 2 is 1.74 bits per heavy atom. The Morgan fingerprint density at radius 3 is 2.46 bits per heavy atom. The highest BCUT2D eigenvalue weighted by atomic mass is 16.5. The third-order valence-electron chi connectivity index (χ3n) is 14.8. The van der Waals surface area contributed by atoms with Crippen molar-refractivity contribution in [2.75, 3.05) is 66.0 Å². The van der Waals surface area contributed by atoms with Gasteiger partial charge in [0.05, 0.1) is 33.0 Å². The van der Waals surface area contributed by atoms with Crippen LogP contribution in [0.2, 0.25) is 0 Å². The van der Waals surface area contributed by atoms with Gasteiger partial charge in [0.15, 0.2) is 0 Å². The second-order valence-corrected chi connectivity index (χ2v) is 17.5. The molecule has 4 bridgehead atoms. The average molecular weight is 785 g/mol. The van der Waals surface area contributed by atoms with E-state index in [-0.39, 0.29) is 12.0 Å². The number of carbonyl (C=O) groups is 2. The van der Waals surface area contributed by atoms with Crippen molar-refractivity contribution >= 4 is 28.5 Å². The minimum atomic E-state index is -2.25. The Morgan fingerprint density at radius 1 is 0.965 bits per heavy atom. The van der Waals surface area contributed by atoms with Gasteiger partial charge in [-0.3, -0.25) is 14.6 Å². The van der Waals surface area contributed by atoms with Crippen LogP contribution in [0.3, 0.4) is 0 Å². The number of benzene rings is 2. The van der Waals surface area contributed by atoms with Gasteiger partial charge in [0, 0.05) is 78.6 Å². The lowest BCUT2D eigenvalue weighted by Crippen LogP contribution is -2.76. The molecule has 3 aromatic rings. The summed E-state index contributed by atoms with van der Waals surface area (Å²) in [5.41, 5.74) is -0.238. The number of aromatic nitrogens is 1. The fraction of sp³-hybridized carbons (Fsp3) is 0.600. The van der Waals surface area contributed by atoms with Gasteiger partial charge in [0.1, 0.15) is 17.3 Å². The van der Waals surface area contributed by atoms with Crippen LogP contribution in [-0.4, -0.2) is 133 Å². The molecule has 4 aliphatic heterocycles. The monoisotopic (exact) mass is 784 g/mol. The minimum Gasteiger partial charge on any atom is -0.496 e. The topological polar surface area (TPSA) is 148 Å². The number of fused-ring (bicyclic) bond motifs is 7. The summed E-state index contributed by atoms with van der Waals surface area (Å²) >= 11 is 0. The van der Waals surface area contributed by atoms with Crippen molar-refractivity contribution in [2.45, 2.75) is 100 Å². The fourth-order valence-electron chi connectivity index (χ4n) is 12.0. The number of anilines is 1. The van der Waals surface area contributed by atoms with Crippen LogP contribution < -0.4 is 9.64 Å². The predicted molar refractivity (Wildman–Crippen MR) is 218 cm³/mol.